The Kier molecular flexibility index (Phi) is 4.61. The molecule has 0 spiro atoms. The van der Waals surface area contributed by atoms with Gasteiger partial charge in [0.2, 0.25) is 11.8 Å². The van der Waals surface area contributed by atoms with Crippen LogP contribution in [0.5, 0.6) is 0 Å². The Morgan fingerprint density at radius 1 is 1.24 bits per heavy atom. The topological polar surface area (TPSA) is 58.6 Å². The molecule has 2 atom stereocenters. The van der Waals surface area contributed by atoms with Crippen molar-refractivity contribution in [2.24, 2.45) is 0 Å². The summed E-state index contributed by atoms with van der Waals surface area (Å²) in [6.07, 6.45) is 3.93. The molecule has 0 radical (unpaired) electrons. The molecule has 1 N–H and O–H groups in total. The first-order chi connectivity index (χ1) is 9.93. The average molecular weight is 296 g/mol. The summed E-state index contributed by atoms with van der Waals surface area (Å²) in [4.78, 5) is 27.5. The summed E-state index contributed by atoms with van der Waals surface area (Å²) < 4.78 is 5.69. The molecule has 5 heteroatoms. The summed E-state index contributed by atoms with van der Waals surface area (Å²) in [7, 11) is 0. The summed E-state index contributed by atoms with van der Waals surface area (Å²) >= 11 is 0. The number of ether oxygens (including phenoxy) is 1. The highest BCUT2D eigenvalue weighted by molar-refractivity contribution is 6.02. The second-order valence-corrected chi connectivity index (χ2v) is 6.42. The van der Waals surface area contributed by atoms with Gasteiger partial charge in [-0.25, -0.2) is 0 Å². The quantitative estimate of drug-likeness (QED) is 0.842. The van der Waals surface area contributed by atoms with Crippen LogP contribution in [-0.4, -0.2) is 47.0 Å². The van der Waals surface area contributed by atoms with Gasteiger partial charge in [-0.15, -0.1) is 0 Å². The number of hydrogen-bond acceptors (Lipinski definition) is 3. The third-order valence-electron chi connectivity index (χ3n) is 5.40. The molecule has 0 bridgehead atoms. The van der Waals surface area contributed by atoms with Crippen LogP contribution in [0.1, 0.15) is 59.8 Å². The molecule has 0 aromatic rings. The van der Waals surface area contributed by atoms with Crippen LogP contribution in [0.15, 0.2) is 0 Å². The molecule has 0 saturated carbocycles. The van der Waals surface area contributed by atoms with Gasteiger partial charge in [-0.2, -0.15) is 0 Å². The molecule has 0 aromatic heterocycles. The van der Waals surface area contributed by atoms with Gasteiger partial charge < -0.3 is 15.0 Å². The number of rotatable bonds is 5. The van der Waals surface area contributed by atoms with Crippen LogP contribution in [0.2, 0.25) is 0 Å². The second kappa shape index (κ2) is 5.95. The predicted molar refractivity (Wildman–Crippen MR) is 80.8 cm³/mol. The number of nitrogens with one attached hydrogen (secondary N) is 1. The van der Waals surface area contributed by atoms with E-state index in [-0.39, 0.29) is 17.9 Å². The monoisotopic (exact) mass is 296 g/mol. The predicted octanol–water partition coefficient (Wildman–Crippen LogP) is 1.85. The maximum Gasteiger partial charge on any atom is 0.249 e. The molecule has 0 aromatic carbocycles. The number of amides is 2. The number of hydrogen-bond donors (Lipinski definition) is 1. The Morgan fingerprint density at radius 2 is 1.90 bits per heavy atom. The molecule has 2 aliphatic heterocycles. The van der Waals surface area contributed by atoms with Crippen molar-refractivity contribution in [3.63, 3.8) is 0 Å². The van der Waals surface area contributed by atoms with E-state index in [9.17, 15) is 9.59 Å². The smallest absolute Gasteiger partial charge is 0.249 e. The standard InChI is InChI=1S/C16H28N2O3/c1-5-15(4)13(19)17-16(6-2,7-3)14(20)18(15)11-12-9-8-10-21-12/h12H,5-11H2,1-4H3,(H,17,19). The molecular weight excluding hydrogens is 268 g/mol. The van der Waals surface area contributed by atoms with E-state index in [2.05, 4.69) is 5.32 Å². The molecule has 2 saturated heterocycles. The fourth-order valence-corrected chi connectivity index (χ4v) is 3.37. The molecule has 0 aliphatic carbocycles. The molecule has 5 nitrogen and oxygen atoms in total. The molecular formula is C16H28N2O3. The van der Waals surface area contributed by atoms with Gasteiger partial charge in [0, 0.05) is 13.2 Å². The van der Waals surface area contributed by atoms with Gasteiger partial charge in [-0.1, -0.05) is 20.8 Å². The van der Waals surface area contributed by atoms with E-state index in [0.717, 1.165) is 19.4 Å². The van der Waals surface area contributed by atoms with Crippen molar-refractivity contribution in [2.75, 3.05) is 13.2 Å². The lowest BCUT2D eigenvalue weighted by molar-refractivity contribution is -0.165. The first kappa shape index (κ1) is 16.3. The number of piperazine rings is 1. The van der Waals surface area contributed by atoms with Crippen LogP contribution < -0.4 is 5.32 Å². The molecule has 21 heavy (non-hydrogen) atoms. The lowest BCUT2D eigenvalue weighted by atomic mass is 9.81. The highest BCUT2D eigenvalue weighted by Crippen LogP contribution is 2.33. The summed E-state index contributed by atoms with van der Waals surface area (Å²) in [5, 5.41) is 3.00. The van der Waals surface area contributed by atoms with Crippen LogP contribution in [0.3, 0.4) is 0 Å². The maximum absolute atomic E-state index is 13.1. The average Bonchev–Trinajstić information content (AvgIpc) is 3.00. The van der Waals surface area contributed by atoms with Crippen LogP contribution in [0, 0.1) is 0 Å². The van der Waals surface area contributed by atoms with Crippen molar-refractivity contribution in [3.05, 3.63) is 0 Å². The first-order valence-electron chi connectivity index (χ1n) is 8.19. The molecule has 2 unspecified atom stereocenters. The Bertz CT molecular complexity index is 414. The minimum Gasteiger partial charge on any atom is -0.376 e. The van der Waals surface area contributed by atoms with Crippen molar-refractivity contribution in [2.45, 2.75) is 77.0 Å². The van der Waals surface area contributed by atoms with Crippen LogP contribution in [-0.2, 0) is 14.3 Å². The van der Waals surface area contributed by atoms with Crippen molar-refractivity contribution in [3.8, 4) is 0 Å². The van der Waals surface area contributed by atoms with Crippen LogP contribution in [0.4, 0.5) is 0 Å². The fraction of sp³-hybridized carbons (Fsp3) is 0.875. The van der Waals surface area contributed by atoms with Crippen molar-refractivity contribution >= 4 is 11.8 Å². The van der Waals surface area contributed by atoms with Crippen molar-refractivity contribution in [1.82, 2.24) is 10.2 Å². The van der Waals surface area contributed by atoms with Crippen LogP contribution in [0.25, 0.3) is 0 Å². The van der Waals surface area contributed by atoms with Crippen LogP contribution >= 0.6 is 0 Å². The van der Waals surface area contributed by atoms with E-state index in [1.807, 2.05) is 27.7 Å². The van der Waals surface area contributed by atoms with Gasteiger partial charge in [0.1, 0.15) is 11.1 Å². The third-order valence-corrected chi connectivity index (χ3v) is 5.40. The maximum atomic E-state index is 13.1. The van der Waals surface area contributed by atoms with Gasteiger partial charge >= 0.3 is 0 Å². The molecule has 2 heterocycles. The Balaban J connectivity index is 2.32. The second-order valence-electron chi connectivity index (χ2n) is 6.42. The largest absolute Gasteiger partial charge is 0.376 e. The Labute approximate surface area is 127 Å². The van der Waals surface area contributed by atoms with E-state index in [0.29, 0.717) is 25.8 Å². The Hall–Kier alpha value is -1.10. The number of carbonyl (C=O) groups excluding carboxylic acids is 2. The zero-order chi connectivity index (χ0) is 15.7. The summed E-state index contributed by atoms with van der Waals surface area (Å²) in [5.74, 6) is 0.0123. The highest BCUT2D eigenvalue weighted by Gasteiger charge is 2.54. The minimum absolute atomic E-state index is 0.0358. The highest BCUT2D eigenvalue weighted by atomic mass is 16.5. The summed E-state index contributed by atoms with van der Waals surface area (Å²) in [6, 6.07) is 0. The fourth-order valence-electron chi connectivity index (χ4n) is 3.37. The normalized spacial score (nSPS) is 32.4. The van der Waals surface area contributed by atoms with Gasteiger partial charge in [0.05, 0.1) is 6.10 Å². The van der Waals surface area contributed by atoms with Gasteiger partial charge in [-0.3, -0.25) is 9.59 Å². The van der Waals surface area contributed by atoms with E-state index in [1.165, 1.54) is 0 Å². The van der Waals surface area contributed by atoms with Gasteiger partial charge in [0.15, 0.2) is 0 Å². The molecule has 120 valence electrons. The van der Waals surface area contributed by atoms with Gasteiger partial charge in [-0.05, 0) is 39.0 Å². The number of carbonyl (C=O) groups is 2. The summed E-state index contributed by atoms with van der Waals surface area (Å²) in [6.45, 7) is 9.03. The molecule has 2 rings (SSSR count). The minimum atomic E-state index is -0.767. The Morgan fingerprint density at radius 3 is 2.38 bits per heavy atom. The lowest BCUT2D eigenvalue weighted by Crippen LogP contribution is -2.75. The SMILES string of the molecule is CCC1(CC)NC(=O)C(C)(CC)N(CC2CCCO2)C1=O. The first-order valence-corrected chi connectivity index (χ1v) is 8.19. The van der Waals surface area contributed by atoms with E-state index in [1.54, 1.807) is 4.90 Å². The van der Waals surface area contributed by atoms with Crippen molar-refractivity contribution < 1.29 is 14.3 Å². The number of nitrogens with zero attached hydrogens (tertiary/aromatic N) is 1. The van der Waals surface area contributed by atoms with E-state index >= 15 is 0 Å². The van der Waals surface area contributed by atoms with E-state index in [4.69, 9.17) is 4.74 Å². The molecule has 2 amide bonds. The summed E-state index contributed by atoms with van der Waals surface area (Å²) in [5.41, 5.74) is -1.51. The third kappa shape index (κ3) is 2.56. The molecule has 2 aliphatic rings. The molecule has 2 fully saturated rings. The lowest BCUT2D eigenvalue weighted by Gasteiger charge is -2.51. The van der Waals surface area contributed by atoms with Crippen molar-refractivity contribution in [1.29, 1.82) is 0 Å². The van der Waals surface area contributed by atoms with E-state index < -0.39 is 11.1 Å². The zero-order valence-corrected chi connectivity index (χ0v) is 13.7. The van der Waals surface area contributed by atoms with Gasteiger partial charge in [0.25, 0.3) is 0 Å². The zero-order valence-electron chi connectivity index (χ0n) is 13.7.